The van der Waals surface area contributed by atoms with Crippen LogP contribution in [0.3, 0.4) is 0 Å². The monoisotopic (exact) mass is 311 g/mol. The number of anilines is 1. The molecule has 0 saturated heterocycles. The number of hydrogen-bond donors (Lipinski definition) is 1. The zero-order chi connectivity index (χ0) is 14.2. The number of nitrogens with two attached hydrogens (primary N) is 1. The minimum absolute atomic E-state index is 0.0464. The lowest BCUT2D eigenvalue weighted by Gasteiger charge is -2.12. The van der Waals surface area contributed by atoms with Crippen molar-refractivity contribution in [3.05, 3.63) is 34.6 Å². The summed E-state index contributed by atoms with van der Waals surface area (Å²) in [7, 11) is 0. The lowest BCUT2D eigenvalue weighted by Crippen LogP contribution is -2.17. The molecule has 0 aliphatic rings. The minimum atomic E-state index is -4.82. The molecule has 2 rings (SSSR count). The summed E-state index contributed by atoms with van der Waals surface area (Å²) >= 11 is 11.7. The van der Waals surface area contributed by atoms with Gasteiger partial charge in [0.15, 0.2) is 0 Å². The first-order valence-corrected chi connectivity index (χ1v) is 5.57. The van der Waals surface area contributed by atoms with Gasteiger partial charge in [-0.25, -0.2) is 4.68 Å². The van der Waals surface area contributed by atoms with Crippen LogP contribution >= 0.6 is 23.2 Å². The molecule has 9 heteroatoms. The number of ether oxygens (including phenoxy) is 1. The van der Waals surface area contributed by atoms with E-state index in [0.717, 1.165) is 12.1 Å². The Labute approximate surface area is 115 Å². The Morgan fingerprint density at radius 1 is 1.21 bits per heavy atom. The van der Waals surface area contributed by atoms with Gasteiger partial charge < -0.3 is 10.5 Å². The molecule has 0 saturated carbocycles. The van der Waals surface area contributed by atoms with Gasteiger partial charge in [-0.3, -0.25) is 0 Å². The van der Waals surface area contributed by atoms with E-state index in [-0.39, 0.29) is 15.7 Å². The Morgan fingerprint density at radius 2 is 1.79 bits per heavy atom. The number of rotatable bonds is 2. The van der Waals surface area contributed by atoms with Gasteiger partial charge in [0.25, 0.3) is 0 Å². The van der Waals surface area contributed by atoms with Gasteiger partial charge in [-0.05, 0) is 0 Å². The first kappa shape index (κ1) is 13.8. The van der Waals surface area contributed by atoms with Crippen molar-refractivity contribution in [3.63, 3.8) is 0 Å². The molecule has 0 aliphatic carbocycles. The number of alkyl halides is 3. The normalized spacial score (nSPS) is 11.6. The summed E-state index contributed by atoms with van der Waals surface area (Å²) in [4.78, 5) is 0. The highest BCUT2D eigenvalue weighted by atomic mass is 35.5. The zero-order valence-electron chi connectivity index (χ0n) is 9.08. The highest BCUT2D eigenvalue weighted by Crippen LogP contribution is 2.35. The molecule has 0 amide bonds. The maximum absolute atomic E-state index is 12.1. The molecule has 4 nitrogen and oxygen atoms in total. The molecule has 1 heterocycles. The first-order chi connectivity index (χ1) is 8.76. The molecule has 0 bridgehead atoms. The molecule has 102 valence electrons. The van der Waals surface area contributed by atoms with Gasteiger partial charge >= 0.3 is 6.36 Å². The molecule has 2 aromatic rings. The van der Waals surface area contributed by atoms with Crippen molar-refractivity contribution >= 4 is 28.9 Å². The average molecular weight is 312 g/mol. The fraction of sp³-hybridized carbons (Fsp3) is 0.100. The fourth-order valence-electron chi connectivity index (χ4n) is 1.41. The largest absolute Gasteiger partial charge is 0.573 e. The van der Waals surface area contributed by atoms with Crippen LogP contribution in [0, 0.1) is 0 Å². The van der Waals surface area contributed by atoms with Gasteiger partial charge in [-0.15, -0.1) is 13.2 Å². The molecule has 19 heavy (non-hydrogen) atoms. The van der Waals surface area contributed by atoms with Gasteiger partial charge in [0.1, 0.15) is 11.4 Å². The van der Waals surface area contributed by atoms with Crippen LogP contribution in [0.4, 0.5) is 18.9 Å². The van der Waals surface area contributed by atoms with Crippen molar-refractivity contribution in [3.8, 4) is 11.4 Å². The summed E-state index contributed by atoms with van der Waals surface area (Å²) in [6.45, 7) is 0. The first-order valence-electron chi connectivity index (χ1n) is 4.81. The second-order valence-corrected chi connectivity index (χ2v) is 4.32. The number of benzene rings is 1. The van der Waals surface area contributed by atoms with Gasteiger partial charge in [-0.1, -0.05) is 23.2 Å². The number of nitrogens with zero attached hydrogens (tertiary/aromatic N) is 2. The third-order valence-electron chi connectivity index (χ3n) is 2.06. The van der Waals surface area contributed by atoms with E-state index in [4.69, 9.17) is 28.9 Å². The predicted octanol–water partition coefficient (Wildman–Crippen LogP) is 3.66. The van der Waals surface area contributed by atoms with Crippen molar-refractivity contribution in [1.82, 2.24) is 9.78 Å². The van der Waals surface area contributed by atoms with Crippen LogP contribution in [0.5, 0.6) is 5.75 Å². The maximum atomic E-state index is 12.1. The van der Waals surface area contributed by atoms with Gasteiger partial charge in [0.2, 0.25) is 0 Å². The molecule has 1 aromatic carbocycles. The van der Waals surface area contributed by atoms with E-state index in [0.29, 0.717) is 5.69 Å². The van der Waals surface area contributed by atoms with Crippen LogP contribution < -0.4 is 10.5 Å². The van der Waals surface area contributed by atoms with E-state index in [1.165, 1.54) is 17.1 Å². The van der Waals surface area contributed by atoms with Crippen LogP contribution in [-0.2, 0) is 0 Å². The molecule has 1 aromatic heterocycles. The Morgan fingerprint density at radius 3 is 2.21 bits per heavy atom. The second kappa shape index (κ2) is 4.82. The highest BCUT2D eigenvalue weighted by Gasteiger charge is 2.31. The Hall–Kier alpha value is -1.60. The van der Waals surface area contributed by atoms with E-state index < -0.39 is 12.1 Å². The smallest absolute Gasteiger partial charge is 0.406 e. The predicted molar refractivity (Wildman–Crippen MR) is 64.7 cm³/mol. The molecule has 2 N–H and O–H groups in total. The summed E-state index contributed by atoms with van der Waals surface area (Å²) in [5.74, 6) is -0.508. The van der Waals surface area contributed by atoms with Crippen LogP contribution in [0.25, 0.3) is 5.69 Å². The quantitative estimate of drug-likeness (QED) is 0.921. The van der Waals surface area contributed by atoms with Crippen LogP contribution in [0.2, 0.25) is 10.0 Å². The van der Waals surface area contributed by atoms with Crippen LogP contribution in [-0.4, -0.2) is 16.1 Å². The van der Waals surface area contributed by atoms with Crippen molar-refractivity contribution < 1.29 is 17.9 Å². The van der Waals surface area contributed by atoms with E-state index in [2.05, 4.69) is 9.84 Å². The minimum Gasteiger partial charge on any atom is -0.406 e. The SMILES string of the molecule is Nc1cnn(-c2c(Cl)cc(OC(F)(F)F)cc2Cl)c1. The summed E-state index contributed by atoms with van der Waals surface area (Å²) < 4.78 is 41.3. The Balaban J connectivity index is 2.43. The van der Waals surface area contributed by atoms with Crippen molar-refractivity contribution in [2.24, 2.45) is 0 Å². The lowest BCUT2D eigenvalue weighted by atomic mass is 10.3. The summed E-state index contributed by atoms with van der Waals surface area (Å²) in [6.07, 6.45) is -2.03. The number of hydrogen-bond acceptors (Lipinski definition) is 3. The third-order valence-corrected chi connectivity index (χ3v) is 2.63. The third kappa shape index (κ3) is 3.24. The number of nitrogen functional groups attached to an aromatic ring is 1. The number of aromatic nitrogens is 2. The molecule has 0 fully saturated rings. The number of halogens is 5. The Kier molecular flexibility index (Phi) is 3.51. The summed E-state index contributed by atoms with van der Waals surface area (Å²) in [5, 5.41) is 3.78. The maximum Gasteiger partial charge on any atom is 0.573 e. The van der Waals surface area contributed by atoms with Crippen molar-refractivity contribution in [2.45, 2.75) is 6.36 Å². The molecule has 0 atom stereocenters. The standard InChI is InChI=1S/C10H6Cl2F3N3O/c11-7-1-6(19-10(13,14)15)2-8(12)9(7)18-4-5(16)3-17-18/h1-4H,16H2. The van der Waals surface area contributed by atoms with Crippen molar-refractivity contribution in [2.75, 3.05) is 5.73 Å². The van der Waals surface area contributed by atoms with E-state index in [1.807, 2.05) is 0 Å². The lowest BCUT2D eigenvalue weighted by molar-refractivity contribution is -0.274. The summed E-state index contributed by atoms with van der Waals surface area (Å²) in [6, 6.07) is 1.99. The molecule has 0 spiro atoms. The van der Waals surface area contributed by atoms with E-state index in [1.54, 1.807) is 0 Å². The van der Waals surface area contributed by atoms with Crippen LogP contribution in [0.15, 0.2) is 24.5 Å². The van der Waals surface area contributed by atoms with Crippen LogP contribution in [0.1, 0.15) is 0 Å². The topological polar surface area (TPSA) is 53.1 Å². The van der Waals surface area contributed by atoms with Crippen molar-refractivity contribution in [1.29, 1.82) is 0 Å². The van der Waals surface area contributed by atoms with E-state index >= 15 is 0 Å². The molecular formula is C10H6Cl2F3N3O. The van der Waals surface area contributed by atoms with Gasteiger partial charge in [0, 0.05) is 12.1 Å². The highest BCUT2D eigenvalue weighted by molar-refractivity contribution is 6.38. The fourth-order valence-corrected chi connectivity index (χ4v) is 2.05. The average Bonchev–Trinajstić information content (AvgIpc) is 2.60. The van der Waals surface area contributed by atoms with Gasteiger partial charge in [-0.2, -0.15) is 5.10 Å². The summed E-state index contributed by atoms with van der Waals surface area (Å²) in [5.41, 5.74) is 6.07. The molecule has 0 radical (unpaired) electrons. The molecule has 0 aliphatic heterocycles. The molecular weight excluding hydrogens is 306 g/mol. The second-order valence-electron chi connectivity index (χ2n) is 3.50. The zero-order valence-corrected chi connectivity index (χ0v) is 10.6. The van der Waals surface area contributed by atoms with E-state index in [9.17, 15) is 13.2 Å². The molecule has 0 unspecified atom stereocenters. The Bertz CT molecular complexity index is 589. The van der Waals surface area contributed by atoms with Gasteiger partial charge in [0.05, 0.1) is 28.1 Å².